The first-order chi connectivity index (χ1) is 7.75. The maximum Gasteiger partial charge on any atom is 0.260 e. The Kier molecular flexibility index (Phi) is 3.40. The van der Waals surface area contributed by atoms with Gasteiger partial charge in [0.1, 0.15) is 0 Å². The van der Waals surface area contributed by atoms with Gasteiger partial charge in [-0.3, -0.25) is 9.48 Å². The maximum atomic E-state index is 11.7. The van der Waals surface area contributed by atoms with E-state index in [-0.39, 0.29) is 12.5 Å². The van der Waals surface area contributed by atoms with Crippen LogP contribution in [0.4, 0.5) is 0 Å². The molecule has 0 radical (unpaired) electrons. The first-order valence-corrected chi connectivity index (χ1v) is 5.22. The third-order valence-electron chi connectivity index (χ3n) is 2.41. The molecule has 1 fully saturated rings. The number of nitrogens with zero attached hydrogens (tertiary/aromatic N) is 3. The second-order valence-corrected chi connectivity index (χ2v) is 3.63. The van der Waals surface area contributed by atoms with Gasteiger partial charge in [0, 0.05) is 20.1 Å². The molecule has 6 nitrogen and oxygen atoms in total. The van der Waals surface area contributed by atoms with Crippen molar-refractivity contribution < 1.29 is 14.3 Å². The van der Waals surface area contributed by atoms with Crippen LogP contribution in [0.15, 0.2) is 12.4 Å². The Labute approximate surface area is 93.7 Å². The minimum Gasteiger partial charge on any atom is -0.480 e. The van der Waals surface area contributed by atoms with Crippen LogP contribution in [0, 0.1) is 0 Å². The Morgan fingerprint density at radius 2 is 2.31 bits per heavy atom. The number of carbonyl (C=O) groups is 1. The van der Waals surface area contributed by atoms with Gasteiger partial charge in [-0.2, -0.15) is 5.10 Å². The van der Waals surface area contributed by atoms with E-state index in [0.29, 0.717) is 32.1 Å². The van der Waals surface area contributed by atoms with E-state index >= 15 is 0 Å². The van der Waals surface area contributed by atoms with Crippen molar-refractivity contribution in [2.75, 3.05) is 32.9 Å². The van der Waals surface area contributed by atoms with Crippen molar-refractivity contribution in [2.24, 2.45) is 7.05 Å². The largest absolute Gasteiger partial charge is 0.480 e. The zero-order valence-corrected chi connectivity index (χ0v) is 9.26. The number of ether oxygens (including phenoxy) is 2. The first kappa shape index (κ1) is 10.9. The molecule has 1 saturated heterocycles. The maximum absolute atomic E-state index is 11.7. The van der Waals surface area contributed by atoms with E-state index in [4.69, 9.17) is 9.47 Å². The van der Waals surface area contributed by atoms with E-state index in [9.17, 15) is 4.79 Å². The standard InChI is InChI=1S/C10H15N3O3/c1-12-7-9(6-11-12)16-8-10(14)13-2-4-15-5-3-13/h6-7H,2-5,8H2,1H3. The number of rotatable bonds is 3. The molecule has 88 valence electrons. The third-order valence-corrected chi connectivity index (χ3v) is 2.41. The molecule has 2 heterocycles. The number of hydrogen-bond acceptors (Lipinski definition) is 4. The minimum absolute atomic E-state index is 0.00727. The topological polar surface area (TPSA) is 56.6 Å². The van der Waals surface area contributed by atoms with Gasteiger partial charge in [0.25, 0.3) is 5.91 Å². The highest BCUT2D eigenvalue weighted by Gasteiger charge is 2.17. The molecule has 0 aromatic carbocycles. The first-order valence-electron chi connectivity index (χ1n) is 5.22. The lowest BCUT2D eigenvalue weighted by atomic mass is 10.4. The predicted molar refractivity (Wildman–Crippen MR) is 56.1 cm³/mol. The van der Waals surface area contributed by atoms with Crippen LogP contribution < -0.4 is 4.74 Å². The van der Waals surface area contributed by atoms with E-state index < -0.39 is 0 Å². The summed E-state index contributed by atoms with van der Waals surface area (Å²) in [6.45, 7) is 2.58. The number of hydrogen-bond donors (Lipinski definition) is 0. The number of amides is 1. The summed E-state index contributed by atoms with van der Waals surface area (Å²) >= 11 is 0. The number of aromatic nitrogens is 2. The van der Waals surface area contributed by atoms with E-state index in [2.05, 4.69) is 5.10 Å². The fraction of sp³-hybridized carbons (Fsp3) is 0.600. The Morgan fingerprint density at radius 3 is 2.94 bits per heavy atom. The number of morpholine rings is 1. The van der Waals surface area contributed by atoms with Crippen molar-refractivity contribution in [1.82, 2.24) is 14.7 Å². The second kappa shape index (κ2) is 4.98. The number of carbonyl (C=O) groups excluding carboxylic acids is 1. The summed E-state index contributed by atoms with van der Waals surface area (Å²) < 4.78 is 12.1. The highest BCUT2D eigenvalue weighted by molar-refractivity contribution is 5.77. The Morgan fingerprint density at radius 1 is 1.56 bits per heavy atom. The molecule has 1 aliphatic rings. The van der Waals surface area contributed by atoms with Crippen LogP contribution >= 0.6 is 0 Å². The summed E-state index contributed by atoms with van der Waals surface area (Å²) in [5, 5.41) is 3.95. The van der Waals surface area contributed by atoms with Crippen LogP contribution in [0.2, 0.25) is 0 Å². The summed E-state index contributed by atoms with van der Waals surface area (Å²) in [6.07, 6.45) is 3.32. The molecule has 0 spiro atoms. The van der Waals surface area contributed by atoms with Crippen molar-refractivity contribution in [2.45, 2.75) is 0 Å². The smallest absolute Gasteiger partial charge is 0.260 e. The van der Waals surface area contributed by atoms with Gasteiger partial charge in [-0.15, -0.1) is 0 Å². The zero-order valence-electron chi connectivity index (χ0n) is 9.26. The highest BCUT2D eigenvalue weighted by atomic mass is 16.5. The molecule has 16 heavy (non-hydrogen) atoms. The van der Waals surface area contributed by atoms with Gasteiger partial charge in [-0.05, 0) is 0 Å². The lowest BCUT2D eigenvalue weighted by Crippen LogP contribution is -2.42. The number of aryl methyl sites for hydroxylation is 1. The van der Waals surface area contributed by atoms with Crippen molar-refractivity contribution >= 4 is 5.91 Å². The molecule has 1 aliphatic heterocycles. The average Bonchev–Trinajstić information content (AvgIpc) is 2.73. The molecule has 0 bridgehead atoms. The predicted octanol–water partition coefficient (Wildman–Crippen LogP) is -0.342. The van der Waals surface area contributed by atoms with Crippen LogP contribution in [0.5, 0.6) is 5.75 Å². The monoisotopic (exact) mass is 225 g/mol. The van der Waals surface area contributed by atoms with Gasteiger partial charge in [-0.1, -0.05) is 0 Å². The van der Waals surface area contributed by atoms with Crippen LogP contribution in [0.1, 0.15) is 0 Å². The lowest BCUT2D eigenvalue weighted by molar-refractivity contribution is -0.137. The Balaban J connectivity index is 1.78. The fourth-order valence-corrected chi connectivity index (χ4v) is 1.52. The molecular weight excluding hydrogens is 210 g/mol. The molecule has 0 atom stereocenters. The SMILES string of the molecule is Cn1cc(OCC(=O)N2CCOCC2)cn1. The molecular formula is C10H15N3O3. The van der Waals surface area contributed by atoms with Crippen molar-refractivity contribution in [3.8, 4) is 5.75 Å². The molecule has 1 aromatic heterocycles. The third kappa shape index (κ3) is 2.73. The highest BCUT2D eigenvalue weighted by Crippen LogP contribution is 2.07. The van der Waals surface area contributed by atoms with Crippen molar-refractivity contribution in [1.29, 1.82) is 0 Å². The molecule has 6 heteroatoms. The van der Waals surface area contributed by atoms with Crippen molar-refractivity contribution in [3.05, 3.63) is 12.4 Å². The van der Waals surface area contributed by atoms with Gasteiger partial charge in [0.15, 0.2) is 12.4 Å². The molecule has 0 aliphatic carbocycles. The zero-order chi connectivity index (χ0) is 11.4. The summed E-state index contributed by atoms with van der Waals surface area (Å²) in [5.41, 5.74) is 0. The van der Waals surface area contributed by atoms with Crippen LogP contribution in [0.25, 0.3) is 0 Å². The van der Waals surface area contributed by atoms with Gasteiger partial charge < -0.3 is 14.4 Å². The summed E-state index contributed by atoms with van der Waals surface area (Å²) in [5.74, 6) is 0.608. The van der Waals surface area contributed by atoms with Gasteiger partial charge in [0.2, 0.25) is 0 Å². The molecule has 1 aromatic rings. The van der Waals surface area contributed by atoms with Gasteiger partial charge >= 0.3 is 0 Å². The van der Waals surface area contributed by atoms with Gasteiger partial charge in [0.05, 0.1) is 25.6 Å². The fourth-order valence-electron chi connectivity index (χ4n) is 1.52. The van der Waals surface area contributed by atoms with Crippen LogP contribution in [-0.2, 0) is 16.6 Å². The second-order valence-electron chi connectivity index (χ2n) is 3.63. The van der Waals surface area contributed by atoms with E-state index in [1.807, 2.05) is 0 Å². The van der Waals surface area contributed by atoms with Crippen LogP contribution in [0.3, 0.4) is 0 Å². The van der Waals surface area contributed by atoms with Gasteiger partial charge in [-0.25, -0.2) is 0 Å². The minimum atomic E-state index is -0.00727. The molecule has 0 unspecified atom stereocenters. The molecule has 0 N–H and O–H groups in total. The Bertz CT molecular complexity index is 358. The molecule has 0 saturated carbocycles. The van der Waals surface area contributed by atoms with E-state index in [1.54, 1.807) is 29.0 Å². The molecule has 1 amide bonds. The summed E-state index contributed by atoms with van der Waals surface area (Å²) in [6, 6.07) is 0. The van der Waals surface area contributed by atoms with Crippen molar-refractivity contribution in [3.63, 3.8) is 0 Å². The molecule has 2 rings (SSSR count). The summed E-state index contributed by atoms with van der Waals surface area (Å²) in [7, 11) is 1.80. The van der Waals surface area contributed by atoms with Crippen LogP contribution in [-0.4, -0.2) is 53.5 Å². The average molecular weight is 225 g/mol. The summed E-state index contributed by atoms with van der Waals surface area (Å²) in [4.78, 5) is 13.4. The normalized spacial score (nSPS) is 16.2. The quantitative estimate of drug-likeness (QED) is 0.706. The Hall–Kier alpha value is -1.56. The lowest BCUT2D eigenvalue weighted by Gasteiger charge is -2.26. The van der Waals surface area contributed by atoms with E-state index in [0.717, 1.165) is 0 Å². The van der Waals surface area contributed by atoms with E-state index in [1.165, 1.54) is 0 Å².